The fraction of sp³-hybridized carbons (Fsp3) is 0.455. The number of benzene rings is 2. The van der Waals surface area contributed by atoms with Crippen molar-refractivity contribution >= 4 is 0 Å². The van der Waals surface area contributed by atoms with Gasteiger partial charge in [-0.15, -0.1) is 0 Å². The van der Waals surface area contributed by atoms with Crippen LogP contribution in [0.1, 0.15) is 23.7 Å². The van der Waals surface area contributed by atoms with Crippen molar-refractivity contribution in [3.63, 3.8) is 0 Å². The molecule has 4 rings (SSSR count). The maximum atomic E-state index is 10.5. The third kappa shape index (κ3) is 4.15. The SMILES string of the molecule is COc1c(O)cc(C2CCc3ccc(O)cc3O2)cc1O[C@@H]1OC(CO)[C@@H](O)C(O)C1O. The van der Waals surface area contributed by atoms with Crippen molar-refractivity contribution in [3.8, 4) is 28.7 Å². The van der Waals surface area contributed by atoms with Gasteiger partial charge in [0.1, 0.15) is 42.0 Å². The number of phenolic OH excluding ortho intramolecular Hbond substituents is 2. The molecule has 0 saturated carbocycles. The fourth-order valence-corrected chi connectivity index (χ4v) is 3.97. The fourth-order valence-electron chi connectivity index (χ4n) is 3.97. The van der Waals surface area contributed by atoms with Crippen molar-refractivity contribution in [2.75, 3.05) is 13.7 Å². The lowest BCUT2D eigenvalue weighted by Gasteiger charge is -2.39. The van der Waals surface area contributed by atoms with Crippen LogP contribution in [-0.2, 0) is 11.2 Å². The minimum absolute atomic E-state index is 0.0112. The maximum Gasteiger partial charge on any atom is 0.229 e. The van der Waals surface area contributed by atoms with E-state index in [0.717, 1.165) is 5.56 Å². The molecule has 1 saturated heterocycles. The molecule has 32 heavy (non-hydrogen) atoms. The number of aryl methyl sites for hydroxylation is 1. The van der Waals surface area contributed by atoms with Crippen molar-refractivity contribution in [2.45, 2.75) is 49.7 Å². The number of hydrogen-bond donors (Lipinski definition) is 6. The second kappa shape index (κ2) is 9.00. The van der Waals surface area contributed by atoms with Crippen LogP contribution in [-0.4, -0.2) is 75.1 Å². The van der Waals surface area contributed by atoms with Crippen molar-refractivity contribution in [3.05, 3.63) is 41.5 Å². The number of hydrogen-bond acceptors (Lipinski definition) is 10. The number of aliphatic hydroxyl groups is 4. The van der Waals surface area contributed by atoms with E-state index in [2.05, 4.69) is 0 Å². The van der Waals surface area contributed by atoms with Crippen molar-refractivity contribution in [1.82, 2.24) is 0 Å². The van der Waals surface area contributed by atoms with Crippen LogP contribution in [0.4, 0.5) is 0 Å². The van der Waals surface area contributed by atoms with Gasteiger partial charge in [-0.25, -0.2) is 0 Å². The number of ether oxygens (including phenoxy) is 4. The lowest BCUT2D eigenvalue weighted by atomic mass is 9.96. The Balaban J connectivity index is 1.62. The molecular formula is C22H26O10. The van der Waals surface area contributed by atoms with E-state index in [9.17, 15) is 30.6 Å². The molecule has 6 atom stereocenters. The van der Waals surface area contributed by atoms with Crippen LogP contribution in [0, 0.1) is 0 Å². The summed E-state index contributed by atoms with van der Waals surface area (Å²) in [4.78, 5) is 0. The lowest BCUT2D eigenvalue weighted by Crippen LogP contribution is -2.60. The molecule has 0 bridgehead atoms. The summed E-state index contributed by atoms with van der Waals surface area (Å²) in [5, 5.41) is 59.8. The Morgan fingerprint density at radius 1 is 1.03 bits per heavy atom. The standard InChI is InChI=1S/C22H26O10/c1-29-21-13(25)6-11(14-5-3-10-2-4-12(24)8-15(10)30-14)7-16(21)31-22-20(28)19(27)18(26)17(9-23)32-22/h2,4,6-8,14,17-20,22-28H,3,5,9H2,1H3/t14?,17?,18-,19?,20?,22-/m1/s1. The first-order valence-corrected chi connectivity index (χ1v) is 10.2. The van der Waals surface area contributed by atoms with E-state index in [1.165, 1.54) is 19.2 Å². The van der Waals surface area contributed by atoms with Gasteiger partial charge in [0, 0.05) is 6.07 Å². The van der Waals surface area contributed by atoms with Gasteiger partial charge in [-0.1, -0.05) is 6.07 Å². The molecule has 2 heterocycles. The second-order valence-corrected chi connectivity index (χ2v) is 7.82. The molecule has 0 radical (unpaired) electrons. The summed E-state index contributed by atoms with van der Waals surface area (Å²) in [5.74, 6) is 0.355. The highest BCUT2D eigenvalue weighted by molar-refractivity contribution is 5.54. The molecule has 6 N–H and O–H groups in total. The zero-order chi connectivity index (χ0) is 23.0. The van der Waals surface area contributed by atoms with E-state index < -0.39 is 43.4 Å². The highest BCUT2D eigenvalue weighted by Crippen LogP contribution is 2.44. The maximum absolute atomic E-state index is 10.5. The highest BCUT2D eigenvalue weighted by atomic mass is 16.7. The van der Waals surface area contributed by atoms with Gasteiger partial charge in [-0.3, -0.25) is 0 Å². The minimum atomic E-state index is -1.62. The Hall–Kier alpha value is -2.76. The van der Waals surface area contributed by atoms with Gasteiger partial charge in [-0.05, 0) is 42.2 Å². The number of methoxy groups -OCH3 is 1. The summed E-state index contributed by atoms with van der Waals surface area (Å²) in [6.07, 6.45) is -6.52. The van der Waals surface area contributed by atoms with E-state index in [0.29, 0.717) is 24.2 Å². The molecule has 2 aromatic carbocycles. The van der Waals surface area contributed by atoms with Crippen LogP contribution in [0.2, 0.25) is 0 Å². The molecular weight excluding hydrogens is 424 g/mol. The quantitative estimate of drug-likeness (QED) is 0.375. The Morgan fingerprint density at radius 3 is 2.53 bits per heavy atom. The Bertz CT molecular complexity index is 962. The molecule has 0 aromatic heterocycles. The van der Waals surface area contributed by atoms with Crippen molar-refractivity contribution in [1.29, 1.82) is 0 Å². The zero-order valence-electron chi connectivity index (χ0n) is 17.3. The molecule has 174 valence electrons. The monoisotopic (exact) mass is 450 g/mol. The molecule has 0 aliphatic carbocycles. The largest absolute Gasteiger partial charge is 0.508 e. The lowest BCUT2D eigenvalue weighted by molar-refractivity contribution is -0.277. The molecule has 4 unspecified atom stereocenters. The molecule has 10 nitrogen and oxygen atoms in total. The summed E-state index contributed by atoms with van der Waals surface area (Å²) in [5.41, 5.74) is 1.51. The average molecular weight is 450 g/mol. The third-order valence-corrected chi connectivity index (χ3v) is 5.72. The van der Waals surface area contributed by atoms with Gasteiger partial charge >= 0.3 is 0 Å². The molecule has 2 aliphatic heterocycles. The van der Waals surface area contributed by atoms with Gasteiger partial charge < -0.3 is 49.6 Å². The van der Waals surface area contributed by atoms with Crippen molar-refractivity contribution in [2.24, 2.45) is 0 Å². The van der Waals surface area contributed by atoms with Crippen molar-refractivity contribution < 1.29 is 49.6 Å². The number of rotatable bonds is 5. The predicted octanol–water partition coefficient (Wildman–Crippen LogP) is 0.351. The topological polar surface area (TPSA) is 158 Å². The Kier molecular flexibility index (Phi) is 6.31. The van der Waals surface area contributed by atoms with Crippen LogP contribution in [0.5, 0.6) is 28.7 Å². The van der Waals surface area contributed by atoms with Crippen LogP contribution in [0.3, 0.4) is 0 Å². The van der Waals surface area contributed by atoms with Crippen LogP contribution >= 0.6 is 0 Å². The van der Waals surface area contributed by atoms with Crippen LogP contribution < -0.4 is 14.2 Å². The molecule has 10 heteroatoms. The minimum Gasteiger partial charge on any atom is -0.508 e. The molecule has 0 spiro atoms. The average Bonchev–Trinajstić information content (AvgIpc) is 2.78. The van der Waals surface area contributed by atoms with Gasteiger partial charge in [0.05, 0.1) is 13.7 Å². The van der Waals surface area contributed by atoms with Crippen LogP contribution in [0.15, 0.2) is 30.3 Å². The zero-order valence-corrected chi connectivity index (χ0v) is 17.3. The first-order chi connectivity index (χ1) is 15.3. The summed E-state index contributed by atoms with van der Waals surface area (Å²) in [7, 11) is 1.32. The summed E-state index contributed by atoms with van der Waals surface area (Å²) < 4.78 is 22.3. The summed E-state index contributed by atoms with van der Waals surface area (Å²) in [6, 6.07) is 7.93. The first kappa shape index (κ1) is 22.4. The third-order valence-electron chi connectivity index (χ3n) is 5.72. The van der Waals surface area contributed by atoms with E-state index in [-0.39, 0.29) is 23.0 Å². The Morgan fingerprint density at radius 2 is 1.81 bits per heavy atom. The van der Waals surface area contributed by atoms with Crippen LogP contribution in [0.25, 0.3) is 0 Å². The van der Waals surface area contributed by atoms with E-state index in [1.54, 1.807) is 18.2 Å². The number of phenols is 2. The van der Waals surface area contributed by atoms with Gasteiger partial charge in [-0.2, -0.15) is 0 Å². The molecule has 2 aliphatic rings. The Labute approximate surface area is 183 Å². The van der Waals surface area contributed by atoms with E-state index >= 15 is 0 Å². The van der Waals surface area contributed by atoms with E-state index in [4.69, 9.17) is 18.9 Å². The first-order valence-electron chi connectivity index (χ1n) is 10.2. The van der Waals surface area contributed by atoms with Gasteiger partial charge in [0.25, 0.3) is 0 Å². The number of fused-ring (bicyclic) bond motifs is 1. The summed E-state index contributed by atoms with van der Waals surface area (Å²) >= 11 is 0. The predicted molar refractivity (Wildman–Crippen MR) is 109 cm³/mol. The van der Waals surface area contributed by atoms with Gasteiger partial charge in [0.2, 0.25) is 12.0 Å². The summed E-state index contributed by atoms with van der Waals surface area (Å²) in [6.45, 7) is -0.602. The highest BCUT2D eigenvalue weighted by Gasteiger charge is 2.45. The van der Waals surface area contributed by atoms with E-state index in [1.807, 2.05) is 0 Å². The smallest absolute Gasteiger partial charge is 0.229 e. The molecule has 0 amide bonds. The molecule has 2 aromatic rings. The number of aromatic hydroxyl groups is 2. The second-order valence-electron chi connectivity index (χ2n) is 7.82. The molecule has 1 fully saturated rings. The normalized spacial score (nSPS) is 29.7. The van der Waals surface area contributed by atoms with Gasteiger partial charge in [0.15, 0.2) is 11.5 Å². The number of aliphatic hydroxyl groups excluding tert-OH is 4.